The molecule has 0 radical (unpaired) electrons. The number of rotatable bonds is 1. The molecule has 0 aliphatic carbocycles. The van der Waals surface area contributed by atoms with E-state index >= 15 is 0 Å². The van der Waals surface area contributed by atoms with Gasteiger partial charge in [-0.1, -0.05) is 0 Å². The van der Waals surface area contributed by atoms with E-state index in [2.05, 4.69) is 10.3 Å². The predicted octanol–water partition coefficient (Wildman–Crippen LogP) is 4.86. The average molecular weight is 298 g/mol. The van der Waals surface area contributed by atoms with E-state index in [4.69, 9.17) is 4.74 Å². The molecule has 2 heterocycles. The molecule has 0 saturated carbocycles. The third-order valence-corrected chi connectivity index (χ3v) is 4.56. The lowest BCUT2D eigenvalue weighted by atomic mass is 10.2. The van der Waals surface area contributed by atoms with Crippen LogP contribution in [-0.4, -0.2) is 13.3 Å². The molecule has 3 nitrogen and oxygen atoms in total. The highest BCUT2D eigenvalue weighted by Crippen LogP contribution is 2.41. The SMILES string of the molecule is COc1ccc2c3c(sc2c1)Nc1cc(F)ccc1N=C3. The second kappa shape index (κ2) is 4.56. The van der Waals surface area contributed by atoms with Crippen molar-refractivity contribution in [3.8, 4) is 5.75 Å². The van der Waals surface area contributed by atoms with Crippen molar-refractivity contribution in [1.82, 2.24) is 0 Å². The van der Waals surface area contributed by atoms with E-state index in [1.165, 1.54) is 12.1 Å². The van der Waals surface area contributed by atoms with Crippen molar-refractivity contribution in [2.24, 2.45) is 4.99 Å². The molecule has 0 amide bonds. The fourth-order valence-corrected chi connectivity index (χ4v) is 3.54. The summed E-state index contributed by atoms with van der Waals surface area (Å²) in [6.45, 7) is 0. The van der Waals surface area contributed by atoms with Gasteiger partial charge in [0.15, 0.2) is 0 Å². The minimum atomic E-state index is -0.275. The molecule has 0 fully saturated rings. The molecule has 0 spiro atoms. The Bertz CT molecular complexity index is 885. The summed E-state index contributed by atoms with van der Waals surface area (Å²) in [5.74, 6) is 0.546. The van der Waals surface area contributed by atoms with Crippen molar-refractivity contribution in [2.45, 2.75) is 0 Å². The molecule has 0 bridgehead atoms. The monoisotopic (exact) mass is 298 g/mol. The lowest BCUT2D eigenvalue weighted by molar-refractivity contribution is 0.415. The first-order valence-corrected chi connectivity index (χ1v) is 7.27. The summed E-state index contributed by atoms with van der Waals surface area (Å²) in [6, 6.07) is 10.5. The van der Waals surface area contributed by atoms with Gasteiger partial charge in [0.25, 0.3) is 0 Å². The molecular weight excluding hydrogens is 287 g/mol. The maximum atomic E-state index is 13.4. The molecule has 0 atom stereocenters. The molecule has 4 rings (SSSR count). The average Bonchev–Trinajstić information content (AvgIpc) is 2.72. The third-order valence-electron chi connectivity index (χ3n) is 3.48. The van der Waals surface area contributed by atoms with E-state index in [9.17, 15) is 4.39 Å². The molecule has 2 aromatic carbocycles. The number of benzene rings is 2. The number of aliphatic imine (C=N–C) groups is 1. The minimum absolute atomic E-state index is 0.275. The molecule has 1 aliphatic heterocycles. The normalized spacial score (nSPS) is 12.5. The Morgan fingerprint density at radius 3 is 2.95 bits per heavy atom. The topological polar surface area (TPSA) is 33.6 Å². The van der Waals surface area contributed by atoms with E-state index in [1.807, 2.05) is 24.4 Å². The predicted molar refractivity (Wildman–Crippen MR) is 85.3 cm³/mol. The quantitative estimate of drug-likeness (QED) is 0.544. The Labute approximate surface area is 124 Å². The number of hydrogen-bond donors (Lipinski definition) is 1. The highest BCUT2D eigenvalue weighted by atomic mass is 32.1. The fourth-order valence-electron chi connectivity index (χ4n) is 2.42. The molecule has 104 valence electrons. The Balaban J connectivity index is 1.91. The number of methoxy groups -OCH3 is 1. The van der Waals surface area contributed by atoms with E-state index in [0.29, 0.717) is 5.69 Å². The van der Waals surface area contributed by atoms with Gasteiger partial charge in [-0.2, -0.15) is 0 Å². The zero-order valence-corrected chi connectivity index (χ0v) is 12.0. The number of nitrogens with one attached hydrogen (secondary N) is 1. The van der Waals surface area contributed by atoms with Crippen LogP contribution >= 0.6 is 11.3 Å². The van der Waals surface area contributed by atoms with Crippen LogP contribution in [0.2, 0.25) is 0 Å². The van der Waals surface area contributed by atoms with Gasteiger partial charge in [-0.05, 0) is 36.4 Å². The van der Waals surface area contributed by atoms with Crippen molar-refractivity contribution in [2.75, 3.05) is 12.4 Å². The van der Waals surface area contributed by atoms with Crippen LogP contribution in [-0.2, 0) is 0 Å². The van der Waals surface area contributed by atoms with E-state index in [1.54, 1.807) is 24.5 Å². The first kappa shape index (κ1) is 12.3. The summed E-state index contributed by atoms with van der Waals surface area (Å²) in [5, 5.41) is 5.36. The van der Waals surface area contributed by atoms with Gasteiger partial charge >= 0.3 is 0 Å². The molecule has 5 heteroatoms. The zero-order valence-electron chi connectivity index (χ0n) is 11.2. The Morgan fingerprint density at radius 2 is 2.10 bits per heavy atom. The number of nitrogens with zero attached hydrogens (tertiary/aromatic N) is 1. The Hall–Kier alpha value is -2.40. The van der Waals surface area contributed by atoms with Crippen molar-refractivity contribution in [1.29, 1.82) is 0 Å². The highest BCUT2D eigenvalue weighted by molar-refractivity contribution is 7.23. The van der Waals surface area contributed by atoms with Crippen molar-refractivity contribution < 1.29 is 9.13 Å². The van der Waals surface area contributed by atoms with E-state index in [0.717, 1.165) is 32.1 Å². The van der Waals surface area contributed by atoms with Gasteiger partial charge in [-0.25, -0.2) is 4.39 Å². The standard InChI is InChI=1S/C16H11FN2OS/c1-20-10-3-4-11-12-8-18-13-5-2-9(17)6-14(13)19-16(12)21-15(11)7-10/h2-8,19H,1H3. The Morgan fingerprint density at radius 1 is 1.19 bits per heavy atom. The van der Waals surface area contributed by atoms with Gasteiger partial charge in [0, 0.05) is 21.9 Å². The van der Waals surface area contributed by atoms with Gasteiger partial charge in [0.2, 0.25) is 0 Å². The number of halogens is 1. The second-order valence-electron chi connectivity index (χ2n) is 4.75. The van der Waals surface area contributed by atoms with Crippen LogP contribution < -0.4 is 10.1 Å². The summed E-state index contributed by atoms with van der Waals surface area (Å²) < 4.78 is 19.8. The Kier molecular flexibility index (Phi) is 2.68. The second-order valence-corrected chi connectivity index (χ2v) is 5.80. The number of fused-ring (bicyclic) bond motifs is 4. The van der Waals surface area contributed by atoms with Crippen LogP contribution in [0.4, 0.5) is 20.8 Å². The lowest BCUT2D eigenvalue weighted by Gasteiger charge is -2.05. The minimum Gasteiger partial charge on any atom is -0.497 e. The number of anilines is 2. The highest BCUT2D eigenvalue weighted by Gasteiger charge is 2.16. The smallest absolute Gasteiger partial charge is 0.125 e. The van der Waals surface area contributed by atoms with Gasteiger partial charge in [0.1, 0.15) is 16.6 Å². The first-order chi connectivity index (χ1) is 10.2. The summed E-state index contributed by atoms with van der Waals surface area (Å²) in [4.78, 5) is 4.46. The van der Waals surface area contributed by atoms with Gasteiger partial charge < -0.3 is 10.1 Å². The molecule has 1 N–H and O–H groups in total. The number of thiophene rings is 1. The molecule has 1 aliphatic rings. The van der Waals surface area contributed by atoms with Crippen molar-refractivity contribution >= 4 is 44.0 Å². The van der Waals surface area contributed by atoms with Gasteiger partial charge in [-0.3, -0.25) is 4.99 Å². The molecule has 0 unspecified atom stereocenters. The molecule has 1 aromatic heterocycles. The summed E-state index contributed by atoms with van der Waals surface area (Å²) >= 11 is 1.61. The summed E-state index contributed by atoms with van der Waals surface area (Å²) in [5.41, 5.74) is 2.44. The van der Waals surface area contributed by atoms with Crippen LogP contribution in [0, 0.1) is 5.82 Å². The fraction of sp³-hybridized carbons (Fsp3) is 0.0625. The third kappa shape index (κ3) is 1.97. The maximum absolute atomic E-state index is 13.4. The van der Waals surface area contributed by atoms with Crippen LogP contribution in [0.5, 0.6) is 5.75 Å². The first-order valence-electron chi connectivity index (χ1n) is 6.46. The maximum Gasteiger partial charge on any atom is 0.125 e. The van der Waals surface area contributed by atoms with Crippen LogP contribution in [0.3, 0.4) is 0 Å². The van der Waals surface area contributed by atoms with Crippen LogP contribution in [0.15, 0.2) is 41.4 Å². The van der Waals surface area contributed by atoms with Crippen molar-refractivity contribution in [3.63, 3.8) is 0 Å². The van der Waals surface area contributed by atoms with Crippen LogP contribution in [0.25, 0.3) is 10.1 Å². The zero-order chi connectivity index (χ0) is 14.4. The van der Waals surface area contributed by atoms with Crippen LogP contribution in [0.1, 0.15) is 5.56 Å². The summed E-state index contributed by atoms with van der Waals surface area (Å²) in [7, 11) is 1.65. The molecule has 0 saturated heterocycles. The van der Waals surface area contributed by atoms with E-state index < -0.39 is 0 Å². The van der Waals surface area contributed by atoms with E-state index in [-0.39, 0.29) is 5.82 Å². The van der Waals surface area contributed by atoms with Crippen molar-refractivity contribution in [3.05, 3.63) is 47.8 Å². The summed E-state index contributed by atoms with van der Waals surface area (Å²) in [6.07, 6.45) is 1.83. The lowest BCUT2D eigenvalue weighted by Crippen LogP contribution is -1.89. The molecule has 3 aromatic rings. The molecule has 21 heavy (non-hydrogen) atoms. The number of hydrogen-bond acceptors (Lipinski definition) is 4. The van der Waals surface area contributed by atoms with Gasteiger partial charge in [0.05, 0.1) is 18.5 Å². The van der Waals surface area contributed by atoms with Gasteiger partial charge in [-0.15, -0.1) is 11.3 Å². The largest absolute Gasteiger partial charge is 0.497 e. The number of ether oxygens (including phenoxy) is 1. The molecular formula is C16H11FN2OS.